The molecule has 1 atom stereocenters. The normalized spacial score (nSPS) is 26.6. The molecule has 2 saturated heterocycles. The summed E-state index contributed by atoms with van der Waals surface area (Å²) < 4.78 is 16.1. The maximum absolute atomic E-state index is 12.2. The zero-order chi connectivity index (χ0) is 13.3. The zero-order valence-electron chi connectivity index (χ0n) is 11.0. The van der Waals surface area contributed by atoms with Crippen LogP contribution in [0.5, 0.6) is 0 Å². The van der Waals surface area contributed by atoms with E-state index in [-0.39, 0.29) is 11.8 Å². The molecule has 0 saturated carbocycles. The van der Waals surface area contributed by atoms with Crippen molar-refractivity contribution in [3.05, 3.63) is 18.0 Å². The Hall–Kier alpha value is -1.40. The largest absolute Gasteiger partial charge is 0.364 e. The van der Waals surface area contributed by atoms with Gasteiger partial charge >= 0.3 is 0 Å². The Morgan fingerprint density at radius 1 is 1.47 bits per heavy atom. The number of hydrogen-bond donors (Lipinski definition) is 0. The molecule has 3 rings (SSSR count). The van der Waals surface area contributed by atoms with E-state index in [9.17, 15) is 4.79 Å². The van der Waals surface area contributed by atoms with Gasteiger partial charge in [-0.05, 0) is 19.8 Å². The fraction of sp³-hybridized carbons (Fsp3) is 0.692. The summed E-state index contributed by atoms with van der Waals surface area (Å²) >= 11 is 0. The monoisotopic (exact) mass is 266 g/mol. The van der Waals surface area contributed by atoms with Gasteiger partial charge in [0.25, 0.3) is 5.91 Å². The molecule has 104 valence electrons. The van der Waals surface area contributed by atoms with Crippen LogP contribution in [0.15, 0.2) is 16.9 Å². The molecule has 0 bridgehead atoms. The van der Waals surface area contributed by atoms with Crippen molar-refractivity contribution < 1.29 is 18.8 Å². The lowest BCUT2D eigenvalue weighted by Gasteiger charge is -2.39. The molecule has 0 spiro atoms. The minimum atomic E-state index is -0.553. The molecule has 2 aliphatic rings. The number of carbonyl (C=O) groups is 1. The molecule has 0 aliphatic carbocycles. The Balaban J connectivity index is 1.69. The van der Waals surface area contributed by atoms with Crippen LogP contribution in [-0.2, 0) is 9.47 Å². The molecule has 0 aromatic carbocycles. The van der Waals surface area contributed by atoms with E-state index in [1.54, 1.807) is 6.07 Å². The van der Waals surface area contributed by atoms with Crippen LogP contribution in [0.3, 0.4) is 0 Å². The summed E-state index contributed by atoms with van der Waals surface area (Å²) in [6.07, 6.45) is 3.38. The smallest absolute Gasteiger partial charge is 0.276 e. The molecule has 6 nitrogen and oxygen atoms in total. The topological polar surface area (TPSA) is 64.8 Å². The number of rotatable bonds is 2. The van der Waals surface area contributed by atoms with Crippen molar-refractivity contribution in [2.75, 3.05) is 26.3 Å². The van der Waals surface area contributed by atoms with Crippen molar-refractivity contribution in [1.82, 2.24) is 10.1 Å². The highest BCUT2D eigenvalue weighted by molar-refractivity contribution is 5.92. The Morgan fingerprint density at radius 3 is 2.95 bits per heavy atom. The van der Waals surface area contributed by atoms with Crippen molar-refractivity contribution in [1.29, 1.82) is 0 Å². The molecule has 1 aromatic heterocycles. The molecular formula is C13H18N2O4. The highest BCUT2D eigenvalue weighted by Crippen LogP contribution is 2.34. The minimum absolute atomic E-state index is 0.0833. The third-order valence-electron chi connectivity index (χ3n) is 3.97. The van der Waals surface area contributed by atoms with Crippen molar-refractivity contribution in [3.63, 3.8) is 0 Å². The quantitative estimate of drug-likeness (QED) is 0.807. The molecule has 0 radical (unpaired) electrons. The first-order valence-electron chi connectivity index (χ1n) is 6.66. The van der Waals surface area contributed by atoms with E-state index in [2.05, 4.69) is 5.16 Å². The van der Waals surface area contributed by atoms with Crippen LogP contribution < -0.4 is 0 Å². The highest BCUT2D eigenvalue weighted by Gasteiger charge is 2.42. The average molecular weight is 266 g/mol. The van der Waals surface area contributed by atoms with E-state index >= 15 is 0 Å². The third kappa shape index (κ3) is 2.37. The van der Waals surface area contributed by atoms with Crippen LogP contribution in [-0.4, -0.2) is 48.1 Å². The lowest BCUT2D eigenvalue weighted by atomic mass is 9.90. The molecular weight excluding hydrogens is 248 g/mol. The summed E-state index contributed by atoms with van der Waals surface area (Å²) in [6, 6.07) is 1.59. The molecule has 2 fully saturated rings. The summed E-state index contributed by atoms with van der Waals surface area (Å²) in [4.78, 5) is 14.1. The van der Waals surface area contributed by atoms with Crippen molar-refractivity contribution in [2.45, 2.75) is 25.6 Å². The number of hydrogen-bond acceptors (Lipinski definition) is 5. The molecule has 3 heterocycles. The standard InChI is InChI=1S/C13H18N2O4/c1-13(17-7-8-18-13)10-3-2-5-15(9-10)12(16)11-4-6-19-14-11/h4,6,10H,2-3,5,7-9H2,1H3/t10-/m0/s1. The molecule has 0 N–H and O–H groups in total. The Bertz CT molecular complexity index is 440. The minimum Gasteiger partial charge on any atom is -0.364 e. The number of carbonyl (C=O) groups excluding carboxylic acids is 1. The number of piperidine rings is 1. The maximum atomic E-state index is 12.2. The number of aromatic nitrogens is 1. The second-order valence-electron chi connectivity index (χ2n) is 5.19. The predicted molar refractivity (Wildman–Crippen MR) is 65.4 cm³/mol. The molecule has 6 heteroatoms. The number of ether oxygens (including phenoxy) is 2. The average Bonchev–Trinajstić information content (AvgIpc) is 3.10. The van der Waals surface area contributed by atoms with Crippen molar-refractivity contribution >= 4 is 5.91 Å². The summed E-state index contributed by atoms with van der Waals surface area (Å²) in [5, 5.41) is 3.70. The fourth-order valence-corrected chi connectivity index (χ4v) is 2.84. The number of nitrogens with zero attached hydrogens (tertiary/aromatic N) is 2. The van der Waals surface area contributed by atoms with E-state index in [4.69, 9.17) is 14.0 Å². The van der Waals surface area contributed by atoms with Gasteiger partial charge in [0.1, 0.15) is 6.26 Å². The van der Waals surface area contributed by atoms with E-state index in [1.807, 2.05) is 11.8 Å². The van der Waals surface area contributed by atoms with Gasteiger partial charge in [-0.15, -0.1) is 0 Å². The maximum Gasteiger partial charge on any atom is 0.276 e. The van der Waals surface area contributed by atoms with Gasteiger partial charge in [0, 0.05) is 25.1 Å². The van der Waals surface area contributed by atoms with E-state index in [1.165, 1.54) is 6.26 Å². The lowest BCUT2D eigenvalue weighted by Crippen LogP contribution is -2.48. The Labute approximate surface area is 111 Å². The van der Waals surface area contributed by atoms with Crippen LogP contribution in [0.2, 0.25) is 0 Å². The van der Waals surface area contributed by atoms with Crippen LogP contribution in [0, 0.1) is 5.92 Å². The summed E-state index contributed by atoms with van der Waals surface area (Å²) in [5.41, 5.74) is 0.360. The first-order chi connectivity index (χ1) is 9.19. The van der Waals surface area contributed by atoms with Gasteiger partial charge in [0.2, 0.25) is 0 Å². The van der Waals surface area contributed by atoms with Gasteiger partial charge in [-0.25, -0.2) is 0 Å². The van der Waals surface area contributed by atoms with Gasteiger partial charge in [-0.1, -0.05) is 5.16 Å². The van der Waals surface area contributed by atoms with Gasteiger partial charge in [0.05, 0.1) is 13.2 Å². The Kier molecular flexibility index (Phi) is 3.28. The fourth-order valence-electron chi connectivity index (χ4n) is 2.84. The van der Waals surface area contributed by atoms with Crippen molar-refractivity contribution in [2.24, 2.45) is 5.92 Å². The summed E-state index contributed by atoms with van der Waals surface area (Å²) in [7, 11) is 0. The van der Waals surface area contributed by atoms with Crippen molar-refractivity contribution in [3.8, 4) is 0 Å². The number of amides is 1. The zero-order valence-corrected chi connectivity index (χ0v) is 11.0. The van der Waals surface area contributed by atoms with E-state index in [0.29, 0.717) is 25.5 Å². The second kappa shape index (κ2) is 4.94. The van der Waals surface area contributed by atoms with Gasteiger partial charge in [0.15, 0.2) is 11.5 Å². The van der Waals surface area contributed by atoms with Gasteiger partial charge < -0.3 is 18.9 Å². The van der Waals surface area contributed by atoms with Crippen LogP contribution in [0.25, 0.3) is 0 Å². The highest BCUT2D eigenvalue weighted by atomic mass is 16.7. The summed E-state index contributed by atoms with van der Waals surface area (Å²) in [6.45, 7) is 4.61. The van der Waals surface area contributed by atoms with Crippen LogP contribution in [0.1, 0.15) is 30.3 Å². The van der Waals surface area contributed by atoms with E-state index in [0.717, 1.165) is 19.4 Å². The third-order valence-corrected chi connectivity index (χ3v) is 3.97. The first-order valence-corrected chi connectivity index (χ1v) is 6.66. The van der Waals surface area contributed by atoms with Gasteiger partial charge in [-0.3, -0.25) is 4.79 Å². The number of likely N-dealkylation sites (tertiary alicyclic amines) is 1. The van der Waals surface area contributed by atoms with Crippen LogP contribution >= 0.6 is 0 Å². The molecule has 19 heavy (non-hydrogen) atoms. The van der Waals surface area contributed by atoms with Crippen LogP contribution in [0.4, 0.5) is 0 Å². The molecule has 0 unspecified atom stereocenters. The lowest BCUT2D eigenvalue weighted by molar-refractivity contribution is -0.189. The Morgan fingerprint density at radius 2 is 2.26 bits per heavy atom. The van der Waals surface area contributed by atoms with E-state index < -0.39 is 5.79 Å². The molecule has 1 amide bonds. The molecule has 1 aromatic rings. The predicted octanol–water partition coefficient (Wildman–Crippen LogP) is 1.29. The van der Waals surface area contributed by atoms with Gasteiger partial charge in [-0.2, -0.15) is 0 Å². The summed E-state index contributed by atoms with van der Waals surface area (Å²) in [5.74, 6) is -0.428. The SMILES string of the molecule is CC1([C@H]2CCCN(C(=O)c3ccon3)C2)OCCO1. The second-order valence-corrected chi connectivity index (χ2v) is 5.19. The first kappa shape index (κ1) is 12.6. The molecule has 2 aliphatic heterocycles.